The van der Waals surface area contributed by atoms with Crippen LogP contribution in [0, 0.1) is 6.92 Å². The number of pyridine rings is 1. The molecule has 0 aliphatic carbocycles. The molecule has 138 valence electrons. The summed E-state index contributed by atoms with van der Waals surface area (Å²) in [5, 5.41) is 0. The molecule has 0 spiro atoms. The van der Waals surface area contributed by atoms with E-state index in [9.17, 15) is 13.2 Å². The average molecular weight is 366 g/mol. The Morgan fingerprint density at radius 1 is 1.16 bits per heavy atom. The lowest BCUT2D eigenvalue weighted by atomic mass is 10.2. The highest BCUT2D eigenvalue weighted by Gasteiger charge is 2.38. The van der Waals surface area contributed by atoms with Gasteiger partial charge in [-0.15, -0.1) is 0 Å². The zero-order chi connectivity index (χ0) is 18.0. The highest BCUT2D eigenvalue weighted by atomic mass is 32.2. The van der Waals surface area contributed by atoms with Crippen molar-refractivity contribution >= 4 is 21.6 Å². The molecule has 1 amide bonds. The van der Waals surface area contributed by atoms with Crippen LogP contribution >= 0.6 is 0 Å². The van der Waals surface area contributed by atoms with Gasteiger partial charge in [0.1, 0.15) is 6.04 Å². The standard InChI is InChI=1S/C17H26N4O3S/c1-14-13-15(6-7-18-14)19-8-4-9-20(12-11-19)17(22)16-5-3-10-21(16)25(2,23)24/h6-7,13,16H,3-5,8-12H2,1-2H3. The van der Waals surface area contributed by atoms with Crippen LogP contribution in [0.15, 0.2) is 18.3 Å². The Labute approximate surface area is 149 Å². The fraction of sp³-hybridized carbons (Fsp3) is 0.647. The maximum atomic E-state index is 12.9. The summed E-state index contributed by atoms with van der Waals surface area (Å²) in [7, 11) is -3.33. The third-order valence-electron chi connectivity index (χ3n) is 4.97. The number of hydrogen-bond acceptors (Lipinski definition) is 5. The molecule has 1 aromatic rings. The molecule has 2 aliphatic rings. The molecule has 3 heterocycles. The topological polar surface area (TPSA) is 73.8 Å². The van der Waals surface area contributed by atoms with E-state index in [2.05, 4.69) is 16.0 Å². The maximum absolute atomic E-state index is 12.9. The van der Waals surface area contributed by atoms with E-state index in [0.29, 0.717) is 26.1 Å². The smallest absolute Gasteiger partial charge is 0.241 e. The molecule has 1 unspecified atom stereocenters. The maximum Gasteiger partial charge on any atom is 0.241 e. The summed E-state index contributed by atoms with van der Waals surface area (Å²) in [5.41, 5.74) is 2.10. The van der Waals surface area contributed by atoms with Gasteiger partial charge in [-0.05, 0) is 38.3 Å². The lowest BCUT2D eigenvalue weighted by Gasteiger charge is -2.28. The Kier molecular flexibility index (Phi) is 5.29. The molecule has 0 bridgehead atoms. The highest BCUT2D eigenvalue weighted by Crippen LogP contribution is 2.23. The van der Waals surface area contributed by atoms with Gasteiger partial charge in [0.25, 0.3) is 0 Å². The second-order valence-electron chi connectivity index (χ2n) is 6.85. The Bertz CT molecular complexity index is 737. The largest absolute Gasteiger partial charge is 0.370 e. The van der Waals surface area contributed by atoms with Crippen molar-refractivity contribution < 1.29 is 13.2 Å². The lowest BCUT2D eigenvalue weighted by molar-refractivity contribution is -0.134. The summed E-state index contributed by atoms with van der Waals surface area (Å²) in [6, 6.07) is 3.52. The first-order valence-corrected chi connectivity index (χ1v) is 10.6. The Hall–Kier alpha value is -1.67. The van der Waals surface area contributed by atoms with E-state index in [1.165, 1.54) is 10.6 Å². The number of carbonyl (C=O) groups excluding carboxylic acids is 1. The van der Waals surface area contributed by atoms with Crippen LogP contribution in [-0.2, 0) is 14.8 Å². The predicted octanol–water partition coefficient (Wildman–Crippen LogP) is 0.853. The molecule has 7 nitrogen and oxygen atoms in total. The number of amides is 1. The van der Waals surface area contributed by atoms with E-state index in [-0.39, 0.29) is 5.91 Å². The van der Waals surface area contributed by atoms with Crippen LogP contribution in [0.5, 0.6) is 0 Å². The quantitative estimate of drug-likeness (QED) is 0.793. The van der Waals surface area contributed by atoms with Gasteiger partial charge in [-0.1, -0.05) is 0 Å². The van der Waals surface area contributed by atoms with Gasteiger partial charge in [0.05, 0.1) is 6.26 Å². The summed E-state index contributed by atoms with van der Waals surface area (Å²) < 4.78 is 25.2. The second kappa shape index (κ2) is 7.29. The van der Waals surface area contributed by atoms with Crippen LogP contribution < -0.4 is 4.90 Å². The zero-order valence-corrected chi connectivity index (χ0v) is 15.7. The molecular weight excluding hydrogens is 340 g/mol. The van der Waals surface area contributed by atoms with Crippen molar-refractivity contribution in [1.82, 2.24) is 14.2 Å². The molecule has 1 atom stereocenters. The summed E-state index contributed by atoms with van der Waals surface area (Å²) in [5.74, 6) is -0.0457. The first-order chi connectivity index (χ1) is 11.9. The van der Waals surface area contributed by atoms with Gasteiger partial charge in [0.15, 0.2) is 0 Å². The van der Waals surface area contributed by atoms with Crippen molar-refractivity contribution in [1.29, 1.82) is 0 Å². The summed E-state index contributed by atoms with van der Waals surface area (Å²) >= 11 is 0. The number of aromatic nitrogens is 1. The highest BCUT2D eigenvalue weighted by molar-refractivity contribution is 7.88. The van der Waals surface area contributed by atoms with Crippen LogP contribution in [-0.4, -0.2) is 73.5 Å². The number of anilines is 1. The number of carbonyl (C=O) groups is 1. The number of rotatable bonds is 3. The Morgan fingerprint density at radius 3 is 2.68 bits per heavy atom. The minimum absolute atomic E-state index is 0.0457. The van der Waals surface area contributed by atoms with Crippen LogP contribution in [0.4, 0.5) is 5.69 Å². The summed E-state index contributed by atoms with van der Waals surface area (Å²) in [6.45, 7) is 5.35. The number of sulfonamides is 1. The lowest BCUT2D eigenvalue weighted by Crippen LogP contribution is -2.48. The van der Waals surface area contributed by atoms with Crippen molar-refractivity contribution in [3.63, 3.8) is 0 Å². The summed E-state index contributed by atoms with van der Waals surface area (Å²) in [6.07, 6.45) is 5.24. The van der Waals surface area contributed by atoms with E-state index in [0.717, 1.165) is 37.3 Å². The van der Waals surface area contributed by atoms with Crippen molar-refractivity contribution in [2.45, 2.75) is 32.2 Å². The van der Waals surface area contributed by atoms with Gasteiger partial charge in [-0.3, -0.25) is 9.78 Å². The van der Waals surface area contributed by atoms with E-state index >= 15 is 0 Å². The zero-order valence-electron chi connectivity index (χ0n) is 14.9. The first kappa shape index (κ1) is 18.1. The van der Waals surface area contributed by atoms with Gasteiger partial charge < -0.3 is 9.80 Å². The molecule has 2 saturated heterocycles. The fourth-order valence-corrected chi connectivity index (χ4v) is 4.84. The minimum atomic E-state index is -3.33. The van der Waals surface area contributed by atoms with E-state index in [4.69, 9.17) is 0 Å². The van der Waals surface area contributed by atoms with E-state index < -0.39 is 16.1 Å². The monoisotopic (exact) mass is 366 g/mol. The van der Waals surface area contributed by atoms with Crippen LogP contribution in [0.25, 0.3) is 0 Å². The van der Waals surface area contributed by atoms with Gasteiger partial charge in [0.2, 0.25) is 15.9 Å². The van der Waals surface area contributed by atoms with Crippen molar-refractivity contribution in [2.24, 2.45) is 0 Å². The second-order valence-corrected chi connectivity index (χ2v) is 8.79. The minimum Gasteiger partial charge on any atom is -0.370 e. The third-order valence-corrected chi connectivity index (χ3v) is 6.26. The van der Waals surface area contributed by atoms with Crippen LogP contribution in [0.3, 0.4) is 0 Å². The van der Waals surface area contributed by atoms with E-state index in [1.807, 2.05) is 17.9 Å². The molecule has 2 fully saturated rings. The van der Waals surface area contributed by atoms with Crippen molar-refractivity contribution in [2.75, 3.05) is 43.9 Å². The molecule has 8 heteroatoms. The molecule has 25 heavy (non-hydrogen) atoms. The molecular formula is C17H26N4O3S. The normalized spacial score (nSPS) is 22.9. The SMILES string of the molecule is Cc1cc(N2CCCN(C(=O)C3CCCN3S(C)(=O)=O)CC2)ccn1. The van der Waals surface area contributed by atoms with Gasteiger partial charge in [0, 0.05) is 50.3 Å². The first-order valence-electron chi connectivity index (χ1n) is 8.79. The summed E-state index contributed by atoms with van der Waals surface area (Å²) in [4.78, 5) is 21.2. The molecule has 1 aromatic heterocycles. The van der Waals surface area contributed by atoms with Gasteiger partial charge >= 0.3 is 0 Å². The Balaban J connectivity index is 1.67. The number of nitrogens with zero attached hydrogens (tertiary/aromatic N) is 4. The van der Waals surface area contributed by atoms with Crippen molar-refractivity contribution in [3.8, 4) is 0 Å². The van der Waals surface area contributed by atoms with Gasteiger partial charge in [-0.2, -0.15) is 4.31 Å². The average Bonchev–Trinajstić information content (AvgIpc) is 2.93. The number of hydrogen-bond donors (Lipinski definition) is 0. The van der Waals surface area contributed by atoms with Gasteiger partial charge in [-0.25, -0.2) is 8.42 Å². The molecule has 0 N–H and O–H groups in total. The number of aryl methyl sites for hydroxylation is 1. The van der Waals surface area contributed by atoms with E-state index in [1.54, 1.807) is 6.20 Å². The van der Waals surface area contributed by atoms with Crippen molar-refractivity contribution in [3.05, 3.63) is 24.0 Å². The molecule has 0 radical (unpaired) electrons. The Morgan fingerprint density at radius 2 is 1.96 bits per heavy atom. The molecule has 3 rings (SSSR count). The third kappa shape index (κ3) is 4.12. The van der Waals surface area contributed by atoms with Crippen LogP contribution in [0.1, 0.15) is 25.0 Å². The van der Waals surface area contributed by atoms with Crippen LogP contribution in [0.2, 0.25) is 0 Å². The molecule has 0 saturated carbocycles. The molecule has 0 aromatic carbocycles. The molecule has 2 aliphatic heterocycles. The predicted molar refractivity (Wildman–Crippen MR) is 97.0 cm³/mol. The fourth-order valence-electron chi connectivity index (χ4n) is 3.72.